The van der Waals surface area contributed by atoms with Crippen molar-refractivity contribution in [1.82, 2.24) is 5.32 Å². The zero-order valence-electron chi connectivity index (χ0n) is 9.52. The average Bonchev–Trinajstić information content (AvgIpc) is 2.24. The Balaban J connectivity index is 0.000000791. The van der Waals surface area contributed by atoms with Gasteiger partial charge in [-0.15, -0.1) is 0 Å². The summed E-state index contributed by atoms with van der Waals surface area (Å²) in [7, 11) is 1.81. The van der Waals surface area contributed by atoms with E-state index in [1.54, 1.807) is 6.07 Å². The summed E-state index contributed by atoms with van der Waals surface area (Å²) in [6.45, 7) is 6.61. The van der Waals surface area contributed by atoms with Gasteiger partial charge in [0.05, 0.1) is 0 Å². The number of benzene rings is 1. The quantitative estimate of drug-likeness (QED) is 0.785. The molecule has 2 heteroatoms. The fourth-order valence-corrected chi connectivity index (χ4v) is 1.14. The van der Waals surface area contributed by atoms with E-state index in [0.29, 0.717) is 6.54 Å². The fraction of sp³-hybridized carbons (Fsp3) is 0.500. The molecule has 0 heterocycles. The third kappa shape index (κ3) is 3.88. The smallest absolute Gasteiger partial charge is 0.127 e. The normalized spacial score (nSPS) is 9.21. The monoisotopic (exact) mass is 197 g/mol. The van der Waals surface area contributed by atoms with Gasteiger partial charge in [0.2, 0.25) is 0 Å². The molecule has 14 heavy (non-hydrogen) atoms. The first kappa shape index (κ1) is 13.1. The maximum atomic E-state index is 13.2. The maximum Gasteiger partial charge on any atom is 0.127 e. The Morgan fingerprint density at radius 3 is 2.36 bits per heavy atom. The van der Waals surface area contributed by atoms with Gasteiger partial charge in [0.25, 0.3) is 0 Å². The molecule has 0 saturated carbocycles. The van der Waals surface area contributed by atoms with E-state index in [9.17, 15) is 4.39 Å². The molecule has 0 aliphatic rings. The van der Waals surface area contributed by atoms with Crippen LogP contribution in [0, 0.1) is 5.82 Å². The van der Waals surface area contributed by atoms with E-state index >= 15 is 0 Å². The number of aryl methyl sites for hydroxylation is 1. The number of rotatable bonds is 3. The first-order valence-corrected chi connectivity index (χ1v) is 5.19. The SMILES string of the molecule is CC.CCc1ccc(CNC)c(F)c1. The molecular weight excluding hydrogens is 177 g/mol. The molecule has 0 spiro atoms. The summed E-state index contributed by atoms with van der Waals surface area (Å²) < 4.78 is 13.2. The molecule has 1 nitrogen and oxygen atoms in total. The summed E-state index contributed by atoms with van der Waals surface area (Å²) in [5.74, 6) is -0.108. The topological polar surface area (TPSA) is 12.0 Å². The van der Waals surface area contributed by atoms with Gasteiger partial charge in [-0.2, -0.15) is 0 Å². The van der Waals surface area contributed by atoms with Crippen LogP contribution in [-0.4, -0.2) is 7.05 Å². The van der Waals surface area contributed by atoms with Crippen molar-refractivity contribution in [3.05, 3.63) is 35.1 Å². The molecule has 1 aromatic carbocycles. The van der Waals surface area contributed by atoms with E-state index < -0.39 is 0 Å². The Labute approximate surface area is 86.3 Å². The molecule has 0 aliphatic heterocycles. The number of nitrogens with one attached hydrogen (secondary N) is 1. The lowest BCUT2D eigenvalue weighted by Gasteiger charge is -2.03. The molecule has 1 N–H and O–H groups in total. The van der Waals surface area contributed by atoms with Crippen molar-refractivity contribution in [2.45, 2.75) is 33.7 Å². The third-order valence-corrected chi connectivity index (χ3v) is 1.89. The highest BCUT2D eigenvalue weighted by atomic mass is 19.1. The van der Waals surface area contributed by atoms with E-state index in [1.165, 1.54) is 0 Å². The first-order valence-electron chi connectivity index (χ1n) is 5.19. The predicted octanol–water partition coefficient (Wildman–Crippen LogP) is 3.13. The fourth-order valence-electron chi connectivity index (χ4n) is 1.14. The molecule has 0 radical (unpaired) electrons. The van der Waals surface area contributed by atoms with Crippen LogP contribution >= 0.6 is 0 Å². The minimum Gasteiger partial charge on any atom is -0.316 e. The van der Waals surface area contributed by atoms with Crippen molar-refractivity contribution in [1.29, 1.82) is 0 Å². The Morgan fingerprint density at radius 1 is 1.29 bits per heavy atom. The van der Waals surface area contributed by atoms with Crippen LogP contribution in [0.4, 0.5) is 4.39 Å². The molecule has 0 atom stereocenters. The summed E-state index contributed by atoms with van der Waals surface area (Å²) in [6, 6.07) is 5.41. The summed E-state index contributed by atoms with van der Waals surface area (Å²) in [5, 5.41) is 2.92. The molecule has 0 amide bonds. The molecule has 0 bridgehead atoms. The third-order valence-electron chi connectivity index (χ3n) is 1.89. The van der Waals surface area contributed by atoms with Crippen LogP contribution in [0.1, 0.15) is 31.9 Å². The Hall–Kier alpha value is -0.890. The van der Waals surface area contributed by atoms with Gasteiger partial charge in [0.15, 0.2) is 0 Å². The van der Waals surface area contributed by atoms with Gasteiger partial charge in [0, 0.05) is 12.1 Å². The molecule has 0 unspecified atom stereocenters. The van der Waals surface area contributed by atoms with Gasteiger partial charge in [0.1, 0.15) is 5.82 Å². The molecule has 1 rings (SSSR count). The highest BCUT2D eigenvalue weighted by Crippen LogP contribution is 2.10. The van der Waals surface area contributed by atoms with Crippen molar-refractivity contribution >= 4 is 0 Å². The van der Waals surface area contributed by atoms with Crippen LogP contribution in [-0.2, 0) is 13.0 Å². The zero-order valence-corrected chi connectivity index (χ0v) is 9.52. The lowest BCUT2D eigenvalue weighted by atomic mass is 10.1. The van der Waals surface area contributed by atoms with E-state index in [-0.39, 0.29) is 5.82 Å². The second-order valence-electron chi connectivity index (χ2n) is 2.81. The molecule has 0 aliphatic carbocycles. The molecular formula is C12H20FN. The van der Waals surface area contributed by atoms with Crippen molar-refractivity contribution < 1.29 is 4.39 Å². The van der Waals surface area contributed by atoms with Gasteiger partial charge in [-0.3, -0.25) is 0 Å². The lowest BCUT2D eigenvalue weighted by Crippen LogP contribution is -2.07. The lowest BCUT2D eigenvalue weighted by molar-refractivity contribution is 0.599. The Morgan fingerprint density at radius 2 is 1.93 bits per heavy atom. The number of halogens is 1. The van der Waals surface area contributed by atoms with Crippen LogP contribution < -0.4 is 5.32 Å². The van der Waals surface area contributed by atoms with Gasteiger partial charge in [-0.1, -0.05) is 32.9 Å². The molecule has 0 aromatic heterocycles. The zero-order chi connectivity index (χ0) is 11.0. The van der Waals surface area contributed by atoms with Crippen LogP contribution in [0.15, 0.2) is 18.2 Å². The summed E-state index contributed by atoms with van der Waals surface area (Å²) in [6.07, 6.45) is 0.886. The summed E-state index contributed by atoms with van der Waals surface area (Å²) in [5.41, 5.74) is 1.78. The van der Waals surface area contributed by atoms with Crippen LogP contribution in [0.25, 0.3) is 0 Å². The van der Waals surface area contributed by atoms with Gasteiger partial charge < -0.3 is 5.32 Å². The Bertz CT molecular complexity index is 258. The molecule has 0 saturated heterocycles. The number of hydrogen-bond donors (Lipinski definition) is 1. The number of hydrogen-bond acceptors (Lipinski definition) is 1. The van der Waals surface area contributed by atoms with E-state index in [1.807, 2.05) is 40.0 Å². The minimum atomic E-state index is -0.108. The Kier molecular flexibility index (Phi) is 7.03. The minimum absolute atomic E-state index is 0.108. The van der Waals surface area contributed by atoms with Gasteiger partial charge in [-0.25, -0.2) is 4.39 Å². The van der Waals surface area contributed by atoms with Gasteiger partial charge in [-0.05, 0) is 25.1 Å². The van der Waals surface area contributed by atoms with Crippen molar-refractivity contribution in [2.75, 3.05) is 7.05 Å². The molecule has 1 aromatic rings. The molecule has 0 fully saturated rings. The van der Waals surface area contributed by atoms with E-state index in [4.69, 9.17) is 0 Å². The first-order chi connectivity index (χ1) is 6.77. The predicted molar refractivity (Wildman–Crippen MR) is 59.9 cm³/mol. The standard InChI is InChI=1S/C10H14FN.C2H6/c1-3-8-4-5-9(7-12-2)10(11)6-8;1-2/h4-6,12H,3,7H2,1-2H3;1-2H3. The highest BCUT2D eigenvalue weighted by molar-refractivity contribution is 5.24. The van der Waals surface area contributed by atoms with Crippen LogP contribution in [0.5, 0.6) is 0 Å². The van der Waals surface area contributed by atoms with E-state index in [2.05, 4.69) is 5.32 Å². The largest absolute Gasteiger partial charge is 0.316 e. The second kappa shape index (κ2) is 7.51. The molecule has 80 valence electrons. The van der Waals surface area contributed by atoms with Gasteiger partial charge >= 0.3 is 0 Å². The average molecular weight is 197 g/mol. The van der Waals surface area contributed by atoms with Crippen molar-refractivity contribution in [3.63, 3.8) is 0 Å². The summed E-state index contributed by atoms with van der Waals surface area (Å²) >= 11 is 0. The van der Waals surface area contributed by atoms with Crippen LogP contribution in [0.2, 0.25) is 0 Å². The highest BCUT2D eigenvalue weighted by Gasteiger charge is 2.00. The van der Waals surface area contributed by atoms with Crippen molar-refractivity contribution in [2.24, 2.45) is 0 Å². The second-order valence-corrected chi connectivity index (χ2v) is 2.81. The summed E-state index contributed by atoms with van der Waals surface area (Å²) in [4.78, 5) is 0. The van der Waals surface area contributed by atoms with E-state index in [0.717, 1.165) is 17.5 Å². The van der Waals surface area contributed by atoms with Crippen LogP contribution in [0.3, 0.4) is 0 Å². The maximum absolute atomic E-state index is 13.2. The van der Waals surface area contributed by atoms with Crippen molar-refractivity contribution in [3.8, 4) is 0 Å².